The number of nitrogens with one attached hydrogen (secondary N) is 1. The number of aliphatic hydroxyl groups excluding tert-OH is 1. The molecule has 6 heteroatoms. The summed E-state index contributed by atoms with van der Waals surface area (Å²) in [5.41, 5.74) is 0. The van der Waals surface area contributed by atoms with Crippen molar-refractivity contribution < 1.29 is 9.90 Å². The zero-order valence-corrected chi connectivity index (χ0v) is 8.16. The highest BCUT2D eigenvalue weighted by atomic mass is 35.5. The molecule has 0 aliphatic carbocycles. The Morgan fingerprint density at radius 1 is 1.50 bits per heavy atom. The Labute approximate surface area is 86.1 Å². The molecule has 0 aliphatic heterocycles. The van der Waals surface area contributed by atoms with Crippen molar-refractivity contribution in [3.8, 4) is 0 Å². The van der Waals surface area contributed by atoms with Gasteiger partial charge in [0.05, 0.1) is 0 Å². The highest BCUT2D eigenvalue weighted by molar-refractivity contribution is 6.29. The molecule has 1 aromatic rings. The van der Waals surface area contributed by atoms with Crippen LogP contribution in [0.1, 0.15) is 12.8 Å². The van der Waals surface area contributed by atoms with Crippen molar-refractivity contribution in [1.82, 2.24) is 10.2 Å². The fourth-order valence-corrected chi connectivity index (χ4v) is 0.928. The van der Waals surface area contributed by atoms with Crippen LogP contribution in [0.15, 0.2) is 12.1 Å². The maximum Gasteiger partial charge on any atom is 0.225 e. The number of hydrogen-bond donors (Lipinski definition) is 2. The summed E-state index contributed by atoms with van der Waals surface area (Å²) in [6.45, 7) is -0.000281. The number of anilines is 1. The molecule has 1 aromatic heterocycles. The first-order valence-electron chi connectivity index (χ1n) is 4.12. The Morgan fingerprint density at radius 3 is 2.86 bits per heavy atom. The van der Waals surface area contributed by atoms with E-state index in [0.717, 1.165) is 0 Å². The van der Waals surface area contributed by atoms with Crippen molar-refractivity contribution in [3.05, 3.63) is 17.3 Å². The second-order valence-electron chi connectivity index (χ2n) is 2.62. The third-order valence-corrected chi connectivity index (χ3v) is 1.66. The summed E-state index contributed by atoms with van der Waals surface area (Å²) in [5, 5.41) is 18.5. The first kappa shape index (κ1) is 10.9. The van der Waals surface area contributed by atoms with Crippen LogP contribution in [0.3, 0.4) is 0 Å². The van der Waals surface area contributed by atoms with Crippen LogP contribution in [0.4, 0.5) is 5.82 Å². The van der Waals surface area contributed by atoms with Crippen LogP contribution < -0.4 is 5.32 Å². The van der Waals surface area contributed by atoms with Crippen molar-refractivity contribution in [1.29, 1.82) is 0 Å². The molecule has 1 rings (SSSR count). The molecule has 14 heavy (non-hydrogen) atoms. The van der Waals surface area contributed by atoms with Gasteiger partial charge in [0.25, 0.3) is 0 Å². The predicted octanol–water partition coefficient (Wildman–Crippen LogP) is 0.841. The molecule has 76 valence electrons. The lowest BCUT2D eigenvalue weighted by molar-refractivity contribution is -0.116. The summed E-state index contributed by atoms with van der Waals surface area (Å²) >= 11 is 5.51. The Kier molecular flexibility index (Phi) is 4.28. The lowest BCUT2D eigenvalue weighted by Gasteiger charge is -2.01. The number of hydrogen-bond acceptors (Lipinski definition) is 4. The Hall–Kier alpha value is -1.20. The van der Waals surface area contributed by atoms with Gasteiger partial charge >= 0.3 is 0 Å². The summed E-state index contributed by atoms with van der Waals surface area (Å²) < 4.78 is 0. The van der Waals surface area contributed by atoms with Crippen molar-refractivity contribution in [3.63, 3.8) is 0 Å². The normalized spacial score (nSPS) is 9.86. The number of carbonyl (C=O) groups excluding carboxylic acids is 1. The molecule has 0 unspecified atom stereocenters. The Bertz CT molecular complexity index is 302. The summed E-state index contributed by atoms with van der Waals surface area (Å²) in [7, 11) is 0. The van der Waals surface area contributed by atoms with Gasteiger partial charge in [-0.3, -0.25) is 4.79 Å². The van der Waals surface area contributed by atoms with Crippen LogP contribution >= 0.6 is 11.6 Å². The average Bonchev–Trinajstić information content (AvgIpc) is 2.18. The number of nitrogens with zero attached hydrogens (tertiary/aromatic N) is 2. The number of rotatable bonds is 4. The first-order chi connectivity index (χ1) is 6.72. The van der Waals surface area contributed by atoms with Gasteiger partial charge in [-0.05, 0) is 18.6 Å². The van der Waals surface area contributed by atoms with Crippen molar-refractivity contribution >= 4 is 23.3 Å². The minimum atomic E-state index is -0.198. The van der Waals surface area contributed by atoms with Gasteiger partial charge in [-0.25, -0.2) is 0 Å². The number of carbonyl (C=O) groups is 1. The summed E-state index contributed by atoms with van der Waals surface area (Å²) in [5.74, 6) is 0.160. The van der Waals surface area contributed by atoms with Gasteiger partial charge in [0, 0.05) is 13.0 Å². The van der Waals surface area contributed by atoms with Crippen LogP contribution in [0.5, 0.6) is 0 Å². The molecule has 5 nitrogen and oxygen atoms in total. The Morgan fingerprint density at radius 2 is 2.29 bits per heavy atom. The molecular formula is C8H10ClN3O2. The molecule has 0 radical (unpaired) electrons. The van der Waals surface area contributed by atoms with Gasteiger partial charge in [-0.15, -0.1) is 10.2 Å². The monoisotopic (exact) mass is 215 g/mol. The van der Waals surface area contributed by atoms with Crippen molar-refractivity contribution in [2.75, 3.05) is 11.9 Å². The van der Waals surface area contributed by atoms with Crippen LogP contribution in [0.2, 0.25) is 5.15 Å². The zero-order valence-electron chi connectivity index (χ0n) is 7.40. The van der Waals surface area contributed by atoms with Gasteiger partial charge in [0.2, 0.25) is 5.91 Å². The van der Waals surface area contributed by atoms with Gasteiger partial charge in [0.1, 0.15) is 0 Å². The fraction of sp³-hybridized carbons (Fsp3) is 0.375. The highest BCUT2D eigenvalue weighted by Gasteiger charge is 2.02. The smallest absolute Gasteiger partial charge is 0.225 e. The van der Waals surface area contributed by atoms with Crippen LogP contribution in [-0.4, -0.2) is 27.8 Å². The fourth-order valence-electron chi connectivity index (χ4n) is 0.828. The molecule has 0 fully saturated rings. The van der Waals surface area contributed by atoms with Crippen LogP contribution in [0, 0.1) is 0 Å². The van der Waals surface area contributed by atoms with E-state index in [0.29, 0.717) is 12.2 Å². The molecule has 0 bridgehead atoms. The zero-order chi connectivity index (χ0) is 10.4. The predicted molar refractivity (Wildman–Crippen MR) is 52.0 cm³/mol. The average molecular weight is 216 g/mol. The minimum Gasteiger partial charge on any atom is -0.396 e. The molecule has 0 aliphatic rings. The second kappa shape index (κ2) is 5.51. The molecule has 0 spiro atoms. The van der Waals surface area contributed by atoms with Gasteiger partial charge in [-0.1, -0.05) is 11.6 Å². The maximum absolute atomic E-state index is 11.1. The maximum atomic E-state index is 11.1. The van der Waals surface area contributed by atoms with E-state index in [2.05, 4.69) is 15.5 Å². The first-order valence-corrected chi connectivity index (χ1v) is 4.50. The lowest BCUT2D eigenvalue weighted by Crippen LogP contribution is -2.13. The SMILES string of the molecule is O=C(CCCO)Nc1ccc(Cl)nn1. The van der Waals surface area contributed by atoms with E-state index in [1.165, 1.54) is 6.07 Å². The van der Waals surface area contributed by atoms with Gasteiger partial charge in [0.15, 0.2) is 11.0 Å². The van der Waals surface area contributed by atoms with E-state index in [-0.39, 0.29) is 24.1 Å². The van der Waals surface area contributed by atoms with Crippen molar-refractivity contribution in [2.45, 2.75) is 12.8 Å². The van der Waals surface area contributed by atoms with E-state index in [1.54, 1.807) is 6.07 Å². The number of amides is 1. The molecule has 0 atom stereocenters. The molecule has 2 N–H and O–H groups in total. The third kappa shape index (κ3) is 3.68. The quantitative estimate of drug-likeness (QED) is 0.781. The molecular weight excluding hydrogens is 206 g/mol. The summed E-state index contributed by atoms with van der Waals surface area (Å²) in [6, 6.07) is 3.10. The third-order valence-electron chi connectivity index (χ3n) is 1.46. The molecule has 1 heterocycles. The van der Waals surface area contributed by atoms with Gasteiger partial charge < -0.3 is 10.4 Å². The van der Waals surface area contributed by atoms with Gasteiger partial charge in [-0.2, -0.15) is 0 Å². The lowest BCUT2D eigenvalue weighted by atomic mass is 10.3. The molecule has 0 saturated heterocycles. The van der Waals surface area contributed by atoms with E-state index in [4.69, 9.17) is 16.7 Å². The van der Waals surface area contributed by atoms with Crippen LogP contribution in [0.25, 0.3) is 0 Å². The number of halogens is 1. The van der Waals surface area contributed by atoms with E-state index < -0.39 is 0 Å². The standard InChI is InChI=1S/C8H10ClN3O2/c9-6-3-4-7(12-11-6)10-8(14)2-1-5-13/h3-4,13H,1-2,5H2,(H,10,12,14). The minimum absolute atomic E-state index is 0.000281. The topological polar surface area (TPSA) is 75.1 Å². The van der Waals surface area contributed by atoms with E-state index >= 15 is 0 Å². The molecule has 0 saturated carbocycles. The molecule has 0 aromatic carbocycles. The summed E-state index contributed by atoms with van der Waals surface area (Å²) in [6.07, 6.45) is 0.702. The van der Waals surface area contributed by atoms with E-state index in [1.807, 2.05) is 0 Å². The number of aromatic nitrogens is 2. The largest absolute Gasteiger partial charge is 0.396 e. The van der Waals surface area contributed by atoms with Crippen LogP contribution in [-0.2, 0) is 4.79 Å². The van der Waals surface area contributed by atoms with Crippen molar-refractivity contribution in [2.24, 2.45) is 0 Å². The Balaban J connectivity index is 2.44. The summed E-state index contributed by atoms with van der Waals surface area (Å²) in [4.78, 5) is 11.1. The second-order valence-corrected chi connectivity index (χ2v) is 3.00. The number of aliphatic hydroxyl groups is 1. The highest BCUT2D eigenvalue weighted by Crippen LogP contribution is 2.06. The van der Waals surface area contributed by atoms with E-state index in [9.17, 15) is 4.79 Å². The molecule has 1 amide bonds.